The smallest absolute Gasteiger partial charge is 0.315 e. The molecule has 4 fully saturated rings. The van der Waals surface area contributed by atoms with Gasteiger partial charge in [0.15, 0.2) is 0 Å². The van der Waals surface area contributed by atoms with E-state index in [0.29, 0.717) is 32.2 Å². The molecule has 0 radical (unpaired) electrons. The number of unbranched alkanes of at least 4 members (excludes halogenated alkanes) is 1. The quantitative estimate of drug-likeness (QED) is 0.173. The van der Waals surface area contributed by atoms with Crippen LogP contribution in [0.3, 0.4) is 0 Å². The van der Waals surface area contributed by atoms with Gasteiger partial charge in [0.2, 0.25) is 27.6 Å². The molecule has 4 aliphatic rings. The van der Waals surface area contributed by atoms with Gasteiger partial charge in [0.05, 0.1) is 17.3 Å². The van der Waals surface area contributed by atoms with Crippen LogP contribution in [0.15, 0.2) is 0 Å². The Balaban J connectivity index is 1.55. The number of amides is 5. The molecule has 0 unspecified atom stereocenters. The summed E-state index contributed by atoms with van der Waals surface area (Å²) in [5.41, 5.74) is -1.97. The minimum Gasteiger partial charge on any atom is -0.347 e. The van der Waals surface area contributed by atoms with Gasteiger partial charge >= 0.3 is 6.03 Å². The summed E-state index contributed by atoms with van der Waals surface area (Å²) in [6.45, 7) is 19.3. The van der Waals surface area contributed by atoms with Gasteiger partial charge < -0.3 is 26.2 Å². The maximum absolute atomic E-state index is 14.6. The molecule has 1 heterocycles. The molecule has 5 amide bonds. The van der Waals surface area contributed by atoms with Crippen molar-refractivity contribution in [2.24, 2.45) is 22.7 Å². The standard InChI is InChI=1S/C38H66N6O7S/c1-11-12-16-27(30(45)33(47)39-25-17-18-25)40-32(46)29-28-26(37(28,9)10)21-43(29)34(48)31(36(6,7)8)41-35(49)42-38(19-14-13-15-20-38)22-52(50,51)44(23(2)3)24(4)5/h23-29,31H,11-22H2,1-10H3,(H,39,47)(H,40,46)(H2,41,42,49)/t26-,27-,28-,29-,31+/m0/s1. The molecule has 3 aliphatic carbocycles. The maximum atomic E-state index is 14.6. The van der Waals surface area contributed by atoms with Gasteiger partial charge in [0.1, 0.15) is 12.1 Å². The molecule has 0 aromatic rings. The highest BCUT2D eigenvalue weighted by molar-refractivity contribution is 7.89. The lowest BCUT2D eigenvalue weighted by atomic mass is 9.83. The molecule has 0 aromatic carbocycles. The Morgan fingerprint density at radius 1 is 0.923 bits per heavy atom. The molecule has 4 rings (SSSR count). The van der Waals surface area contributed by atoms with E-state index < -0.39 is 68.6 Å². The maximum Gasteiger partial charge on any atom is 0.315 e. The fraction of sp³-hybridized carbons (Fsp3) is 0.868. The molecule has 3 saturated carbocycles. The molecule has 0 bridgehead atoms. The summed E-state index contributed by atoms with van der Waals surface area (Å²) in [4.78, 5) is 70.1. The number of urea groups is 1. The van der Waals surface area contributed by atoms with Gasteiger partial charge in [0, 0.05) is 24.7 Å². The van der Waals surface area contributed by atoms with Crippen LogP contribution in [0.2, 0.25) is 0 Å². The Labute approximate surface area is 312 Å². The number of ketones is 1. The number of Topliss-reactive ketones (excluding diaryl/α,β-unsaturated/α-hetero) is 1. The highest BCUT2D eigenvalue weighted by Gasteiger charge is 2.70. The Bertz CT molecular complexity index is 1450. The van der Waals surface area contributed by atoms with Crippen molar-refractivity contribution in [1.82, 2.24) is 30.5 Å². The number of nitrogens with zero attached hydrogens (tertiary/aromatic N) is 2. The molecule has 5 atom stereocenters. The lowest BCUT2D eigenvalue weighted by Gasteiger charge is -2.42. The van der Waals surface area contributed by atoms with Crippen molar-refractivity contribution in [3.05, 3.63) is 0 Å². The number of nitrogens with one attached hydrogen (secondary N) is 4. The fourth-order valence-corrected chi connectivity index (χ4v) is 11.3. The molecule has 296 valence electrons. The second-order valence-corrected chi connectivity index (χ2v) is 20.1. The van der Waals surface area contributed by atoms with Crippen LogP contribution in [0.4, 0.5) is 4.79 Å². The second kappa shape index (κ2) is 15.9. The molecule has 1 aliphatic heterocycles. The minimum atomic E-state index is -3.75. The van der Waals surface area contributed by atoms with E-state index >= 15 is 0 Å². The number of likely N-dealkylation sites (tertiary alicyclic amines) is 1. The highest BCUT2D eigenvalue weighted by atomic mass is 32.2. The van der Waals surface area contributed by atoms with Gasteiger partial charge in [-0.3, -0.25) is 19.2 Å². The number of hydrogen-bond acceptors (Lipinski definition) is 7. The molecule has 0 spiro atoms. The first-order valence-corrected chi connectivity index (χ1v) is 21.2. The van der Waals surface area contributed by atoms with E-state index in [2.05, 4.69) is 35.1 Å². The van der Waals surface area contributed by atoms with Crippen LogP contribution in [0.1, 0.15) is 133 Å². The summed E-state index contributed by atoms with van der Waals surface area (Å²) in [6, 6.07) is -4.03. The molecule has 13 nitrogen and oxygen atoms in total. The molecule has 0 aromatic heterocycles. The van der Waals surface area contributed by atoms with Gasteiger partial charge in [-0.15, -0.1) is 0 Å². The lowest BCUT2D eigenvalue weighted by Crippen LogP contribution is -2.64. The molecular weight excluding hydrogens is 685 g/mol. The van der Waals surface area contributed by atoms with Crippen molar-refractivity contribution >= 4 is 39.6 Å². The SMILES string of the molecule is CCCC[C@H](NC(=O)[C@@H]1[C@@H]2[C@H](CN1C(=O)[C@@H](NC(=O)NC1(CS(=O)(=O)N(C(C)C)C(C)C)CCCCC1)C(C)(C)C)C2(C)C)C(=O)C(=O)NC1CC1. The number of rotatable bonds is 16. The Morgan fingerprint density at radius 2 is 1.52 bits per heavy atom. The van der Waals surface area contributed by atoms with E-state index in [4.69, 9.17) is 0 Å². The van der Waals surface area contributed by atoms with Gasteiger partial charge in [-0.2, -0.15) is 4.31 Å². The van der Waals surface area contributed by atoms with E-state index in [1.807, 2.05) is 55.4 Å². The van der Waals surface area contributed by atoms with Gasteiger partial charge in [-0.25, -0.2) is 13.2 Å². The van der Waals surface area contributed by atoms with Crippen LogP contribution >= 0.6 is 0 Å². The lowest BCUT2D eigenvalue weighted by molar-refractivity contribution is -0.145. The average molecular weight is 751 g/mol. The Morgan fingerprint density at radius 3 is 2.04 bits per heavy atom. The van der Waals surface area contributed by atoms with Gasteiger partial charge in [-0.1, -0.05) is 73.6 Å². The monoisotopic (exact) mass is 750 g/mol. The van der Waals surface area contributed by atoms with Crippen LogP contribution in [-0.4, -0.2) is 101 Å². The summed E-state index contributed by atoms with van der Waals surface area (Å²) in [5.74, 6) is -2.57. The van der Waals surface area contributed by atoms with Crippen molar-refractivity contribution in [1.29, 1.82) is 0 Å². The van der Waals surface area contributed by atoms with Crippen molar-refractivity contribution in [3.8, 4) is 0 Å². The zero-order valence-corrected chi connectivity index (χ0v) is 34.1. The summed E-state index contributed by atoms with van der Waals surface area (Å²) >= 11 is 0. The van der Waals surface area contributed by atoms with Crippen LogP contribution in [0.25, 0.3) is 0 Å². The zero-order valence-electron chi connectivity index (χ0n) is 33.3. The third-order valence-electron chi connectivity index (χ3n) is 11.8. The number of hydrogen-bond donors (Lipinski definition) is 4. The summed E-state index contributed by atoms with van der Waals surface area (Å²) in [5, 5.41) is 11.6. The topological polar surface area (TPSA) is 174 Å². The van der Waals surface area contributed by atoms with Crippen molar-refractivity contribution in [2.45, 2.75) is 175 Å². The summed E-state index contributed by atoms with van der Waals surface area (Å²) in [6.07, 6.45) is 6.88. The Hall–Kier alpha value is -2.74. The summed E-state index contributed by atoms with van der Waals surface area (Å²) in [7, 11) is -3.75. The molecule has 1 saturated heterocycles. The first-order valence-electron chi connectivity index (χ1n) is 19.6. The first kappa shape index (κ1) is 42.0. The van der Waals surface area contributed by atoms with E-state index in [-0.39, 0.29) is 41.1 Å². The summed E-state index contributed by atoms with van der Waals surface area (Å²) < 4.78 is 29.1. The molecule has 14 heteroatoms. The largest absolute Gasteiger partial charge is 0.347 e. The second-order valence-electron chi connectivity index (χ2n) is 18.2. The van der Waals surface area contributed by atoms with E-state index in [1.165, 1.54) is 4.31 Å². The van der Waals surface area contributed by atoms with E-state index in [0.717, 1.165) is 38.5 Å². The van der Waals surface area contributed by atoms with Gasteiger partial charge in [-0.05, 0) is 82.5 Å². The predicted octanol–water partition coefficient (Wildman–Crippen LogP) is 3.86. The zero-order chi connectivity index (χ0) is 39.0. The third kappa shape index (κ3) is 9.49. The normalized spacial score (nSPS) is 24.9. The van der Waals surface area contributed by atoms with Crippen molar-refractivity contribution in [2.75, 3.05) is 12.3 Å². The number of carbonyl (C=O) groups excluding carboxylic acids is 5. The first-order chi connectivity index (χ1) is 24.1. The number of piperidine rings is 1. The highest BCUT2D eigenvalue weighted by Crippen LogP contribution is 2.65. The predicted molar refractivity (Wildman–Crippen MR) is 201 cm³/mol. The van der Waals surface area contributed by atoms with Crippen LogP contribution in [0.5, 0.6) is 0 Å². The molecular formula is C38H66N6O7S. The van der Waals surface area contributed by atoms with Gasteiger partial charge in [0.25, 0.3) is 5.91 Å². The van der Waals surface area contributed by atoms with Crippen LogP contribution in [0, 0.1) is 22.7 Å². The minimum absolute atomic E-state index is 0.00106. The van der Waals surface area contributed by atoms with E-state index in [9.17, 15) is 32.4 Å². The fourth-order valence-electron chi connectivity index (χ4n) is 8.81. The average Bonchev–Trinajstić information content (AvgIpc) is 3.87. The van der Waals surface area contributed by atoms with Crippen LogP contribution in [-0.2, 0) is 29.2 Å². The number of fused-ring (bicyclic) bond motifs is 1. The van der Waals surface area contributed by atoms with Crippen molar-refractivity contribution < 1.29 is 32.4 Å². The molecule has 52 heavy (non-hydrogen) atoms. The molecule has 4 N–H and O–H groups in total. The number of sulfonamides is 1. The van der Waals surface area contributed by atoms with Crippen LogP contribution < -0.4 is 21.3 Å². The number of carbonyl (C=O) groups is 5. The Kier molecular flexibility index (Phi) is 12.9. The van der Waals surface area contributed by atoms with E-state index in [1.54, 1.807) is 4.90 Å². The third-order valence-corrected chi connectivity index (χ3v) is 14.2. The van der Waals surface area contributed by atoms with Crippen molar-refractivity contribution in [3.63, 3.8) is 0 Å².